The second-order valence-electron chi connectivity index (χ2n) is 13.0. The molecule has 12 nitrogen and oxygen atoms in total. The third-order valence-corrected chi connectivity index (χ3v) is 4.88. The third-order valence-electron chi connectivity index (χ3n) is 4.34. The topological polar surface area (TPSA) is 147 Å². The molecule has 0 bridgehead atoms. The number of hydrogen-bond acceptors (Lipinski definition) is 12. The summed E-state index contributed by atoms with van der Waals surface area (Å²) in [7, 11) is 0. The number of esters is 2. The van der Waals surface area contributed by atoms with Gasteiger partial charge in [-0.1, -0.05) is 11.8 Å². The molecule has 1 aromatic heterocycles. The third kappa shape index (κ3) is 12.5. The average molecular weight is 585 g/mol. The number of hydrogen-bond donors (Lipinski definition) is 0. The first-order chi connectivity index (χ1) is 17.9. The lowest BCUT2D eigenvalue weighted by molar-refractivity contribution is -0.161. The first-order valence-corrected chi connectivity index (χ1v) is 14.1. The predicted molar refractivity (Wildman–Crippen MR) is 149 cm³/mol. The molecule has 40 heavy (non-hydrogen) atoms. The highest BCUT2D eigenvalue weighted by Gasteiger charge is 2.42. The van der Waals surface area contributed by atoms with Crippen LogP contribution in [0.1, 0.15) is 106 Å². The van der Waals surface area contributed by atoms with E-state index in [9.17, 15) is 19.2 Å². The molecular formula is C27H44N4O8S. The molecule has 0 saturated carbocycles. The molecule has 1 heterocycles. The zero-order chi connectivity index (χ0) is 31.3. The summed E-state index contributed by atoms with van der Waals surface area (Å²) in [5.41, 5.74) is -3.67. The number of rotatable bonds is 7. The van der Waals surface area contributed by atoms with Crippen molar-refractivity contribution in [2.24, 2.45) is 0 Å². The Morgan fingerprint density at radius 2 is 1.18 bits per heavy atom. The van der Waals surface area contributed by atoms with Crippen molar-refractivity contribution in [2.45, 2.75) is 130 Å². The average Bonchev–Trinajstić information content (AvgIpc) is 2.71. The molecule has 1 atom stereocenters. The van der Waals surface area contributed by atoms with Crippen LogP contribution in [0.4, 0.5) is 9.59 Å². The molecular weight excluding hydrogens is 540 g/mol. The fraction of sp³-hybridized carbons (Fsp3) is 0.741. The monoisotopic (exact) mass is 584 g/mol. The van der Waals surface area contributed by atoms with E-state index in [4.69, 9.17) is 18.9 Å². The van der Waals surface area contributed by atoms with E-state index < -0.39 is 52.6 Å². The molecule has 1 rings (SSSR count). The zero-order valence-electron chi connectivity index (χ0n) is 26.0. The van der Waals surface area contributed by atoms with Crippen molar-refractivity contribution in [3.63, 3.8) is 0 Å². The number of thioether (sulfide) groups is 1. The molecule has 2 amide bonds. The van der Waals surface area contributed by atoms with Crippen LogP contribution in [0.15, 0.2) is 5.16 Å². The van der Waals surface area contributed by atoms with Crippen molar-refractivity contribution in [3.8, 4) is 0 Å². The van der Waals surface area contributed by atoms with E-state index in [1.807, 2.05) is 0 Å². The number of carbonyl (C=O) groups excluding carboxylic acids is 4. The highest BCUT2D eigenvalue weighted by atomic mass is 32.2. The Morgan fingerprint density at radius 1 is 0.725 bits per heavy atom. The zero-order valence-corrected chi connectivity index (χ0v) is 26.8. The fourth-order valence-corrected chi connectivity index (χ4v) is 3.33. The van der Waals surface area contributed by atoms with E-state index in [-0.39, 0.29) is 29.4 Å². The maximum Gasteiger partial charge on any atom is 0.420 e. The van der Waals surface area contributed by atoms with Gasteiger partial charge in [-0.25, -0.2) is 24.2 Å². The minimum Gasteiger partial charge on any atom is -0.458 e. The maximum atomic E-state index is 13.4. The summed E-state index contributed by atoms with van der Waals surface area (Å²) in [6, 6.07) is -1.49. The Bertz CT molecular complexity index is 1050. The molecule has 0 radical (unpaired) electrons. The van der Waals surface area contributed by atoms with E-state index in [0.29, 0.717) is 4.90 Å². The van der Waals surface area contributed by atoms with E-state index >= 15 is 0 Å². The van der Waals surface area contributed by atoms with Gasteiger partial charge in [-0.15, -0.1) is 5.10 Å². The van der Waals surface area contributed by atoms with Crippen LogP contribution in [0.5, 0.6) is 0 Å². The lowest BCUT2D eigenvalue weighted by Crippen LogP contribution is -2.53. The SMILES string of the molecule is CSc1nnc(CC[C@@H](C(=O)OC(C)(C)C)N(C(=O)OC(C)(C)C)C(=O)OC(C)(C)C)c(C(=O)OC(C)(C)C)n1. The molecule has 0 aliphatic carbocycles. The van der Waals surface area contributed by atoms with Gasteiger partial charge in [0.05, 0.1) is 5.69 Å². The molecule has 0 fully saturated rings. The van der Waals surface area contributed by atoms with Crippen molar-refractivity contribution in [1.29, 1.82) is 0 Å². The van der Waals surface area contributed by atoms with Crippen LogP contribution in [-0.4, -0.2) is 78.9 Å². The fourth-order valence-electron chi connectivity index (χ4n) is 3.02. The molecule has 0 unspecified atom stereocenters. The van der Waals surface area contributed by atoms with Gasteiger partial charge in [0.25, 0.3) is 0 Å². The smallest absolute Gasteiger partial charge is 0.420 e. The van der Waals surface area contributed by atoms with Gasteiger partial charge in [-0.05, 0) is 102 Å². The molecule has 0 aliphatic rings. The number of nitrogens with zero attached hydrogens (tertiary/aromatic N) is 4. The molecule has 0 spiro atoms. The van der Waals surface area contributed by atoms with Gasteiger partial charge in [0.2, 0.25) is 5.16 Å². The van der Waals surface area contributed by atoms with Crippen molar-refractivity contribution in [2.75, 3.05) is 6.26 Å². The Balaban J connectivity index is 3.60. The number of amides is 2. The van der Waals surface area contributed by atoms with Crippen LogP contribution in [0.3, 0.4) is 0 Å². The van der Waals surface area contributed by atoms with Crippen molar-refractivity contribution in [3.05, 3.63) is 11.4 Å². The van der Waals surface area contributed by atoms with Crippen molar-refractivity contribution < 1.29 is 38.1 Å². The normalized spacial score (nSPS) is 13.2. The summed E-state index contributed by atoms with van der Waals surface area (Å²) in [6.07, 6.45) is -0.736. The number of aromatic nitrogens is 3. The minimum atomic E-state index is -1.49. The standard InChI is InChI=1S/C27H44N4O8S/c1-24(2,3)36-19(32)17(31(22(34)38-26(7,8)9)23(35)39-27(10,11)12)15-14-16-18(20(33)37-25(4,5)6)28-21(40-13)30-29-16/h17H,14-15H2,1-13H3/t17-/m0/s1. The van der Waals surface area contributed by atoms with E-state index in [2.05, 4.69) is 15.2 Å². The van der Waals surface area contributed by atoms with E-state index in [1.165, 1.54) is 11.8 Å². The molecule has 226 valence electrons. The minimum absolute atomic E-state index is 0.0849. The first kappa shape index (κ1) is 35.1. The quantitative estimate of drug-likeness (QED) is 0.231. The summed E-state index contributed by atoms with van der Waals surface area (Å²) < 4.78 is 22.0. The number of imide groups is 1. The van der Waals surface area contributed by atoms with Gasteiger partial charge in [0.1, 0.15) is 28.4 Å². The molecule has 0 aromatic carbocycles. The molecule has 13 heteroatoms. The van der Waals surface area contributed by atoms with Gasteiger partial charge < -0.3 is 18.9 Å². The summed E-state index contributed by atoms with van der Waals surface area (Å²) in [4.78, 5) is 57.9. The van der Waals surface area contributed by atoms with Crippen LogP contribution in [0.25, 0.3) is 0 Å². The number of aryl methyl sites for hydroxylation is 1. The predicted octanol–water partition coefficient (Wildman–Crippen LogP) is 5.36. The van der Waals surface area contributed by atoms with Crippen LogP contribution in [-0.2, 0) is 30.2 Å². The van der Waals surface area contributed by atoms with Crippen molar-refractivity contribution in [1.82, 2.24) is 20.1 Å². The molecule has 0 N–H and O–H groups in total. The van der Waals surface area contributed by atoms with Crippen LogP contribution in [0.2, 0.25) is 0 Å². The second kappa shape index (κ2) is 13.1. The van der Waals surface area contributed by atoms with Gasteiger partial charge in [0.15, 0.2) is 5.69 Å². The Kier molecular flexibility index (Phi) is 11.5. The summed E-state index contributed by atoms with van der Waals surface area (Å²) in [5, 5.41) is 8.40. The number of ether oxygens (including phenoxy) is 4. The van der Waals surface area contributed by atoms with Crippen molar-refractivity contribution >= 4 is 35.9 Å². The number of carbonyl (C=O) groups is 4. The lowest BCUT2D eigenvalue weighted by Gasteiger charge is -2.33. The summed E-state index contributed by atoms with van der Waals surface area (Å²) in [6.45, 7) is 19.9. The second-order valence-corrected chi connectivity index (χ2v) is 13.8. The summed E-state index contributed by atoms with van der Waals surface area (Å²) >= 11 is 1.19. The Labute approximate surface area is 241 Å². The molecule has 0 saturated heterocycles. The van der Waals surface area contributed by atoms with E-state index in [0.717, 1.165) is 0 Å². The van der Waals surface area contributed by atoms with Gasteiger partial charge in [-0.2, -0.15) is 10.00 Å². The maximum absolute atomic E-state index is 13.4. The van der Waals surface area contributed by atoms with Crippen LogP contribution in [0, 0.1) is 0 Å². The lowest BCUT2D eigenvalue weighted by atomic mass is 10.1. The highest BCUT2D eigenvalue weighted by molar-refractivity contribution is 7.98. The molecule has 1 aromatic rings. The van der Waals surface area contributed by atoms with Crippen LogP contribution < -0.4 is 0 Å². The van der Waals surface area contributed by atoms with E-state index in [1.54, 1.807) is 89.3 Å². The first-order valence-electron chi connectivity index (χ1n) is 12.9. The van der Waals surface area contributed by atoms with Gasteiger partial charge >= 0.3 is 24.1 Å². The Morgan fingerprint density at radius 3 is 1.57 bits per heavy atom. The van der Waals surface area contributed by atoms with Gasteiger partial charge in [0, 0.05) is 0 Å². The van der Waals surface area contributed by atoms with Gasteiger partial charge in [-0.3, -0.25) is 0 Å². The van der Waals surface area contributed by atoms with Crippen LogP contribution >= 0.6 is 11.8 Å². The summed E-state index contributed by atoms with van der Waals surface area (Å²) in [5.74, 6) is -1.60. The Hall–Kier alpha value is -2.96. The molecule has 0 aliphatic heterocycles. The largest absolute Gasteiger partial charge is 0.458 e. The highest BCUT2D eigenvalue weighted by Crippen LogP contribution is 2.23.